The number of allylic oxidation sites excluding steroid dienone is 1. The lowest BCUT2D eigenvalue weighted by Crippen LogP contribution is -2.39. The van der Waals surface area contributed by atoms with E-state index in [1.54, 1.807) is 0 Å². The molecule has 2 rings (SSSR count). The van der Waals surface area contributed by atoms with Crippen LogP contribution in [0, 0.1) is 11.8 Å². The summed E-state index contributed by atoms with van der Waals surface area (Å²) in [5.41, 5.74) is 0.123. The van der Waals surface area contributed by atoms with E-state index < -0.39 is 0 Å². The summed E-state index contributed by atoms with van der Waals surface area (Å²) in [6.07, 6.45) is 8.31. The van der Waals surface area contributed by atoms with Gasteiger partial charge in [0, 0.05) is 6.61 Å². The maximum absolute atomic E-state index is 5.88. The third-order valence-corrected chi connectivity index (χ3v) is 3.61. The van der Waals surface area contributed by atoms with Crippen molar-refractivity contribution in [2.24, 2.45) is 11.8 Å². The summed E-state index contributed by atoms with van der Waals surface area (Å²) in [6.45, 7) is 5.62. The highest BCUT2D eigenvalue weighted by Crippen LogP contribution is 2.42. The topological polar surface area (TPSA) is 9.23 Å². The second kappa shape index (κ2) is 2.88. The van der Waals surface area contributed by atoms with Crippen molar-refractivity contribution in [2.75, 3.05) is 6.61 Å². The minimum absolute atomic E-state index is 0.123. The Bertz CT molecular complexity index is 189. The summed E-state index contributed by atoms with van der Waals surface area (Å²) in [7, 11) is 0. The van der Waals surface area contributed by atoms with Crippen LogP contribution in [0.25, 0.3) is 0 Å². The first-order valence-corrected chi connectivity index (χ1v) is 5.06. The van der Waals surface area contributed by atoms with Gasteiger partial charge in [0.15, 0.2) is 0 Å². The highest BCUT2D eigenvalue weighted by molar-refractivity contribution is 5.12. The Morgan fingerprint density at radius 3 is 2.92 bits per heavy atom. The second-order valence-corrected chi connectivity index (χ2v) is 4.31. The van der Waals surface area contributed by atoms with Crippen LogP contribution in [0.1, 0.15) is 33.1 Å². The average Bonchev–Trinajstić information content (AvgIpc) is 2.50. The molecule has 1 heterocycles. The smallest absolute Gasteiger partial charge is 0.0891 e. The van der Waals surface area contributed by atoms with Gasteiger partial charge in [-0.25, -0.2) is 0 Å². The number of hydrogen-bond acceptors (Lipinski definition) is 1. The molecule has 0 amide bonds. The molecule has 68 valence electrons. The SMILES string of the molecule is C[C@@H]1CC=C[C@]2(CCCO2)[C@@H]1C. The van der Waals surface area contributed by atoms with Crippen LogP contribution in [0.15, 0.2) is 12.2 Å². The fraction of sp³-hybridized carbons (Fsp3) is 0.818. The summed E-state index contributed by atoms with van der Waals surface area (Å²) >= 11 is 0. The van der Waals surface area contributed by atoms with E-state index in [-0.39, 0.29) is 5.60 Å². The standard InChI is InChI=1S/C11H18O/c1-9-5-3-6-11(10(9)2)7-4-8-12-11/h3,6,9-10H,4-5,7-8H2,1-2H3/t9-,10-,11+/m1/s1. The van der Waals surface area contributed by atoms with Crippen molar-refractivity contribution in [1.29, 1.82) is 0 Å². The van der Waals surface area contributed by atoms with Gasteiger partial charge in [-0.05, 0) is 31.1 Å². The fourth-order valence-corrected chi connectivity index (χ4v) is 2.49. The molecule has 1 spiro atoms. The Balaban J connectivity index is 2.22. The molecular formula is C11H18O. The van der Waals surface area contributed by atoms with E-state index >= 15 is 0 Å². The summed E-state index contributed by atoms with van der Waals surface area (Å²) < 4.78 is 5.88. The lowest BCUT2D eigenvalue weighted by atomic mass is 9.73. The molecule has 0 unspecified atom stereocenters. The Labute approximate surface area is 74.8 Å². The maximum atomic E-state index is 5.88. The summed E-state index contributed by atoms with van der Waals surface area (Å²) in [4.78, 5) is 0. The van der Waals surface area contributed by atoms with Gasteiger partial charge in [-0.1, -0.05) is 26.0 Å². The van der Waals surface area contributed by atoms with Gasteiger partial charge in [-0.15, -0.1) is 0 Å². The van der Waals surface area contributed by atoms with Crippen molar-refractivity contribution in [3.8, 4) is 0 Å². The third kappa shape index (κ3) is 1.11. The molecule has 0 aromatic rings. The minimum atomic E-state index is 0.123. The first kappa shape index (κ1) is 8.31. The van der Waals surface area contributed by atoms with Gasteiger partial charge in [0.25, 0.3) is 0 Å². The van der Waals surface area contributed by atoms with Crippen molar-refractivity contribution < 1.29 is 4.74 Å². The largest absolute Gasteiger partial charge is 0.371 e. The average molecular weight is 166 g/mol. The minimum Gasteiger partial charge on any atom is -0.371 e. The van der Waals surface area contributed by atoms with Gasteiger partial charge in [-0.2, -0.15) is 0 Å². The predicted octanol–water partition coefficient (Wildman–Crippen LogP) is 2.77. The van der Waals surface area contributed by atoms with Crippen molar-refractivity contribution in [3.63, 3.8) is 0 Å². The molecule has 1 fully saturated rings. The van der Waals surface area contributed by atoms with Crippen LogP contribution >= 0.6 is 0 Å². The molecule has 1 aliphatic carbocycles. The van der Waals surface area contributed by atoms with Crippen molar-refractivity contribution in [1.82, 2.24) is 0 Å². The Kier molecular flexibility index (Phi) is 1.99. The molecule has 0 N–H and O–H groups in total. The molecule has 3 atom stereocenters. The van der Waals surface area contributed by atoms with Crippen LogP contribution in [-0.4, -0.2) is 12.2 Å². The molecule has 0 aromatic heterocycles. The highest BCUT2D eigenvalue weighted by atomic mass is 16.5. The monoisotopic (exact) mass is 166 g/mol. The Hall–Kier alpha value is -0.300. The molecule has 1 nitrogen and oxygen atoms in total. The molecule has 0 radical (unpaired) electrons. The summed E-state index contributed by atoms with van der Waals surface area (Å²) in [6, 6.07) is 0. The number of hydrogen-bond donors (Lipinski definition) is 0. The number of ether oxygens (including phenoxy) is 1. The van der Waals surface area contributed by atoms with Crippen LogP contribution < -0.4 is 0 Å². The van der Waals surface area contributed by atoms with Crippen LogP contribution in [0.5, 0.6) is 0 Å². The van der Waals surface area contributed by atoms with Gasteiger partial charge >= 0.3 is 0 Å². The van der Waals surface area contributed by atoms with Gasteiger partial charge in [-0.3, -0.25) is 0 Å². The second-order valence-electron chi connectivity index (χ2n) is 4.31. The third-order valence-electron chi connectivity index (χ3n) is 3.61. The first-order valence-electron chi connectivity index (χ1n) is 5.06. The molecule has 2 aliphatic rings. The van der Waals surface area contributed by atoms with Gasteiger partial charge < -0.3 is 4.74 Å². The molecule has 12 heavy (non-hydrogen) atoms. The van der Waals surface area contributed by atoms with E-state index in [4.69, 9.17) is 4.74 Å². The predicted molar refractivity (Wildman–Crippen MR) is 50.0 cm³/mol. The molecule has 1 saturated heterocycles. The molecule has 0 bridgehead atoms. The van der Waals surface area contributed by atoms with Crippen LogP contribution in [0.4, 0.5) is 0 Å². The lowest BCUT2D eigenvalue weighted by Gasteiger charge is -2.38. The van der Waals surface area contributed by atoms with Crippen LogP contribution in [0.2, 0.25) is 0 Å². The summed E-state index contributed by atoms with van der Waals surface area (Å²) in [5, 5.41) is 0. The van der Waals surface area contributed by atoms with Gasteiger partial charge in [0.1, 0.15) is 0 Å². The van der Waals surface area contributed by atoms with Gasteiger partial charge in [0.2, 0.25) is 0 Å². The molecule has 1 aliphatic heterocycles. The fourth-order valence-electron chi connectivity index (χ4n) is 2.49. The summed E-state index contributed by atoms with van der Waals surface area (Å²) in [5.74, 6) is 1.48. The van der Waals surface area contributed by atoms with Crippen molar-refractivity contribution in [2.45, 2.75) is 38.7 Å². The quantitative estimate of drug-likeness (QED) is 0.503. The zero-order valence-corrected chi connectivity index (χ0v) is 8.05. The van der Waals surface area contributed by atoms with Crippen LogP contribution in [-0.2, 0) is 4.74 Å². The zero-order chi connectivity index (χ0) is 8.60. The molecule has 1 heteroatoms. The zero-order valence-electron chi connectivity index (χ0n) is 8.05. The van der Waals surface area contributed by atoms with E-state index in [1.165, 1.54) is 19.3 Å². The number of rotatable bonds is 0. The van der Waals surface area contributed by atoms with E-state index in [1.807, 2.05) is 0 Å². The molecule has 0 aromatic carbocycles. The lowest BCUT2D eigenvalue weighted by molar-refractivity contribution is -0.0213. The Morgan fingerprint density at radius 1 is 1.42 bits per heavy atom. The van der Waals surface area contributed by atoms with E-state index in [2.05, 4.69) is 26.0 Å². The molecular weight excluding hydrogens is 148 g/mol. The van der Waals surface area contributed by atoms with Crippen molar-refractivity contribution >= 4 is 0 Å². The molecule has 0 saturated carbocycles. The van der Waals surface area contributed by atoms with E-state index in [0.29, 0.717) is 5.92 Å². The van der Waals surface area contributed by atoms with Crippen LogP contribution in [0.3, 0.4) is 0 Å². The van der Waals surface area contributed by atoms with Gasteiger partial charge in [0.05, 0.1) is 5.60 Å². The Morgan fingerprint density at radius 2 is 2.25 bits per heavy atom. The maximum Gasteiger partial charge on any atom is 0.0891 e. The van der Waals surface area contributed by atoms with E-state index in [9.17, 15) is 0 Å². The first-order chi connectivity index (χ1) is 5.75. The normalized spacial score (nSPS) is 47.2. The van der Waals surface area contributed by atoms with E-state index in [0.717, 1.165) is 12.5 Å². The highest BCUT2D eigenvalue weighted by Gasteiger charge is 2.41. The van der Waals surface area contributed by atoms with Crippen molar-refractivity contribution in [3.05, 3.63) is 12.2 Å².